The van der Waals surface area contributed by atoms with Crippen molar-refractivity contribution in [1.29, 1.82) is 0 Å². The second-order valence-corrected chi connectivity index (χ2v) is 4.44. The summed E-state index contributed by atoms with van der Waals surface area (Å²) in [7, 11) is 0. The minimum absolute atomic E-state index is 0.0356. The molecule has 90 valence electrons. The standard InChI is InChI=1S/C13H18F2O/c1-4-6-9(2)13(3,16)10-7-5-8-11(14)12(10)15/h5,7-9,16H,4,6H2,1-3H3. The first-order chi connectivity index (χ1) is 7.41. The van der Waals surface area contributed by atoms with Crippen molar-refractivity contribution >= 4 is 0 Å². The van der Waals surface area contributed by atoms with Crippen LogP contribution in [0.25, 0.3) is 0 Å². The molecule has 1 aromatic carbocycles. The molecule has 1 nitrogen and oxygen atoms in total. The third-order valence-electron chi connectivity index (χ3n) is 3.18. The molecular weight excluding hydrogens is 210 g/mol. The van der Waals surface area contributed by atoms with E-state index in [9.17, 15) is 13.9 Å². The van der Waals surface area contributed by atoms with Gasteiger partial charge >= 0.3 is 0 Å². The van der Waals surface area contributed by atoms with E-state index < -0.39 is 17.2 Å². The summed E-state index contributed by atoms with van der Waals surface area (Å²) in [5, 5.41) is 10.3. The van der Waals surface area contributed by atoms with Crippen LogP contribution in [0.2, 0.25) is 0 Å². The van der Waals surface area contributed by atoms with Gasteiger partial charge in [0.1, 0.15) is 0 Å². The van der Waals surface area contributed by atoms with Gasteiger partial charge in [-0.05, 0) is 25.3 Å². The fraction of sp³-hybridized carbons (Fsp3) is 0.538. The molecule has 0 saturated carbocycles. The highest BCUT2D eigenvalue weighted by Gasteiger charge is 2.33. The smallest absolute Gasteiger partial charge is 0.164 e. The van der Waals surface area contributed by atoms with Crippen molar-refractivity contribution in [3.63, 3.8) is 0 Å². The first kappa shape index (κ1) is 13.1. The molecule has 1 aromatic rings. The van der Waals surface area contributed by atoms with Crippen LogP contribution in [0.5, 0.6) is 0 Å². The van der Waals surface area contributed by atoms with Gasteiger partial charge in [0.05, 0.1) is 5.60 Å². The molecule has 0 heterocycles. The largest absolute Gasteiger partial charge is 0.385 e. The van der Waals surface area contributed by atoms with Gasteiger partial charge in [-0.1, -0.05) is 32.4 Å². The Morgan fingerprint density at radius 2 is 2.00 bits per heavy atom. The van der Waals surface area contributed by atoms with E-state index >= 15 is 0 Å². The van der Waals surface area contributed by atoms with Crippen molar-refractivity contribution in [2.75, 3.05) is 0 Å². The quantitative estimate of drug-likeness (QED) is 0.834. The molecule has 1 rings (SSSR count). The molecule has 0 bridgehead atoms. The summed E-state index contributed by atoms with van der Waals surface area (Å²) in [5.41, 5.74) is -1.30. The molecule has 0 saturated heterocycles. The van der Waals surface area contributed by atoms with Crippen molar-refractivity contribution < 1.29 is 13.9 Å². The first-order valence-electron chi connectivity index (χ1n) is 5.58. The Bertz CT molecular complexity index is 361. The summed E-state index contributed by atoms with van der Waals surface area (Å²) in [6.07, 6.45) is 1.66. The second kappa shape index (κ2) is 4.91. The zero-order valence-electron chi connectivity index (χ0n) is 9.93. The number of hydrogen-bond donors (Lipinski definition) is 1. The SMILES string of the molecule is CCCC(C)C(C)(O)c1cccc(F)c1F. The van der Waals surface area contributed by atoms with Crippen LogP contribution >= 0.6 is 0 Å². The van der Waals surface area contributed by atoms with E-state index in [2.05, 4.69) is 0 Å². The lowest BCUT2D eigenvalue weighted by molar-refractivity contribution is -0.00586. The normalized spacial score (nSPS) is 16.9. The lowest BCUT2D eigenvalue weighted by atomic mass is 9.81. The van der Waals surface area contributed by atoms with E-state index in [0.717, 1.165) is 18.9 Å². The fourth-order valence-corrected chi connectivity index (χ4v) is 1.87. The molecule has 3 heteroatoms. The van der Waals surface area contributed by atoms with E-state index in [1.54, 1.807) is 0 Å². The molecule has 0 aliphatic heterocycles. The second-order valence-electron chi connectivity index (χ2n) is 4.44. The predicted molar refractivity (Wildman–Crippen MR) is 60.0 cm³/mol. The minimum atomic E-state index is -1.33. The lowest BCUT2D eigenvalue weighted by Gasteiger charge is -2.31. The molecule has 0 fully saturated rings. The number of halogens is 2. The Hall–Kier alpha value is -0.960. The van der Waals surface area contributed by atoms with Gasteiger partial charge in [-0.15, -0.1) is 0 Å². The highest BCUT2D eigenvalue weighted by Crippen LogP contribution is 2.34. The number of rotatable bonds is 4. The Labute approximate surface area is 95.1 Å². The summed E-state index contributed by atoms with van der Waals surface area (Å²) < 4.78 is 26.6. The van der Waals surface area contributed by atoms with Crippen molar-refractivity contribution in [2.24, 2.45) is 5.92 Å². The van der Waals surface area contributed by atoms with E-state index in [4.69, 9.17) is 0 Å². The van der Waals surface area contributed by atoms with Crippen LogP contribution in [0, 0.1) is 17.6 Å². The molecule has 0 amide bonds. The molecule has 1 N–H and O–H groups in total. The van der Waals surface area contributed by atoms with Gasteiger partial charge in [-0.2, -0.15) is 0 Å². The first-order valence-corrected chi connectivity index (χ1v) is 5.58. The Kier molecular flexibility index (Phi) is 4.03. The van der Waals surface area contributed by atoms with E-state index in [-0.39, 0.29) is 11.5 Å². The lowest BCUT2D eigenvalue weighted by Crippen LogP contribution is -2.31. The van der Waals surface area contributed by atoms with Crippen LogP contribution in [-0.4, -0.2) is 5.11 Å². The number of aliphatic hydroxyl groups is 1. The summed E-state index contributed by atoms with van der Waals surface area (Å²) in [4.78, 5) is 0. The molecule has 0 radical (unpaired) electrons. The van der Waals surface area contributed by atoms with Crippen LogP contribution < -0.4 is 0 Å². The van der Waals surface area contributed by atoms with Gasteiger partial charge in [-0.25, -0.2) is 8.78 Å². The summed E-state index contributed by atoms with van der Waals surface area (Å²) >= 11 is 0. The van der Waals surface area contributed by atoms with E-state index in [1.807, 2.05) is 13.8 Å². The zero-order valence-corrected chi connectivity index (χ0v) is 9.93. The summed E-state index contributed by atoms with van der Waals surface area (Å²) in [5.74, 6) is -1.98. The molecule has 0 aliphatic rings. The van der Waals surface area contributed by atoms with E-state index in [0.29, 0.717) is 0 Å². The summed E-state index contributed by atoms with van der Waals surface area (Å²) in [6.45, 7) is 5.37. The van der Waals surface area contributed by atoms with Gasteiger partial charge in [0.2, 0.25) is 0 Å². The van der Waals surface area contributed by atoms with Gasteiger partial charge < -0.3 is 5.11 Å². The molecule has 16 heavy (non-hydrogen) atoms. The van der Waals surface area contributed by atoms with Crippen molar-refractivity contribution in [2.45, 2.75) is 39.2 Å². The molecule has 0 aromatic heterocycles. The van der Waals surface area contributed by atoms with Crippen LogP contribution in [-0.2, 0) is 5.60 Å². The van der Waals surface area contributed by atoms with Crippen molar-refractivity contribution in [3.8, 4) is 0 Å². The van der Waals surface area contributed by atoms with Gasteiger partial charge in [0, 0.05) is 5.56 Å². The molecule has 2 atom stereocenters. The van der Waals surface area contributed by atoms with Gasteiger partial charge in [-0.3, -0.25) is 0 Å². The van der Waals surface area contributed by atoms with Crippen LogP contribution in [0.15, 0.2) is 18.2 Å². The third-order valence-corrected chi connectivity index (χ3v) is 3.18. The van der Waals surface area contributed by atoms with Crippen molar-refractivity contribution in [1.82, 2.24) is 0 Å². The van der Waals surface area contributed by atoms with Crippen LogP contribution in [0.3, 0.4) is 0 Å². The molecule has 0 spiro atoms. The average molecular weight is 228 g/mol. The highest BCUT2D eigenvalue weighted by atomic mass is 19.2. The molecule has 0 aliphatic carbocycles. The predicted octanol–water partition coefficient (Wildman–Crippen LogP) is 3.61. The maximum Gasteiger partial charge on any atom is 0.164 e. The zero-order chi connectivity index (χ0) is 12.3. The Morgan fingerprint density at radius 3 is 2.56 bits per heavy atom. The fourth-order valence-electron chi connectivity index (χ4n) is 1.87. The minimum Gasteiger partial charge on any atom is -0.385 e. The van der Waals surface area contributed by atoms with Gasteiger partial charge in [0.25, 0.3) is 0 Å². The topological polar surface area (TPSA) is 20.2 Å². The molecule has 2 unspecified atom stereocenters. The van der Waals surface area contributed by atoms with Crippen LogP contribution in [0.1, 0.15) is 39.2 Å². The average Bonchev–Trinajstić information content (AvgIpc) is 2.22. The van der Waals surface area contributed by atoms with Gasteiger partial charge in [0.15, 0.2) is 11.6 Å². The highest BCUT2D eigenvalue weighted by molar-refractivity contribution is 5.25. The van der Waals surface area contributed by atoms with E-state index in [1.165, 1.54) is 19.1 Å². The van der Waals surface area contributed by atoms with Crippen molar-refractivity contribution in [3.05, 3.63) is 35.4 Å². The number of benzene rings is 1. The monoisotopic (exact) mass is 228 g/mol. The number of hydrogen-bond acceptors (Lipinski definition) is 1. The molecular formula is C13H18F2O. The Balaban J connectivity index is 3.11. The Morgan fingerprint density at radius 1 is 1.38 bits per heavy atom. The maximum atomic E-state index is 13.6. The van der Waals surface area contributed by atoms with Crippen LogP contribution in [0.4, 0.5) is 8.78 Å². The summed E-state index contributed by atoms with van der Waals surface area (Å²) in [6, 6.07) is 3.91. The third kappa shape index (κ3) is 2.40. The maximum absolute atomic E-state index is 13.6.